The summed E-state index contributed by atoms with van der Waals surface area (Å²) in [6.45, 7) is 3.32. The van der Waals surface area contributed by atoms with E-state index in [9.17, 15) is 0 Å². The fraction of sp³-hybridized carbons (Fsp3) is 0.722. The summed E-state index contributed by atoms with van der Waals surface area (Å²) >= 11 is 0. The minimum Gasteiger partial charge on any atom is -0.354 e. The fourth-order valence-corrected chi connectivity index (χ4v) is 4.89. The van der Waals surface area contributed by atoms with Crippen molar-refractivity contribution in [2.24, 2.45) is 5.92 Å². The molecule has 7 nitrogen and oxygen atoms in total. The first-order chi connectivity index (χ1) is 12.3. The first kappa shape index (κ1) is 15.5. The molecule has 0 radical (unpaired) electrons. The third-order valence-electron chi connectivity index (χ3n) is 6.46. The summed E-state index contributed by atoms with van der Waals surface area (Å²) in [6.07, 6.45) is 8.52. The van der Waals surface area contributed by atoms with Gasteiger partial charge in [-0.15, -0.1) is 15.3 Å². The maximum Gasteiger partial charge on any atom is 0.177 e. The van der Waals surface area contributed by atoms with Crippen molar-refractivity contribution in [2.45, 2.75) is 50.2 Å². The third kappa shape index (κ3) is 2.89. The molecule has 3 saturated heterocycles. The van der Waals surface area contributed by atoms with Gasteiger partial charge in [0, 0.05) is 43.7 Å². The van der Waals surface area contributed by atoms with E-state index >= 15 is 0 Å². The van der Waals surface area contributed by atoms with Crippen molar-refractivity contribution in [3.63, 3.8) is 0 Å². The quantitative estimate of drug-likeness (QED) is 0.901. The molecule has 0 saturated carbocycles. The first-order valence-corrected chi connectivity index (χ1v) is 9.63. The van der Waals surface area contributed by atoms with E-state index in [-0.39, 0.29) is 0 Å². The van der Waals surface area contributed by atoms with Crippen molar-refractivity contribution in [3.8, 4) is 0 Å². The van der Waals surface area contributed by atoms with E-state index in [0.717, 1.165) is 49.1 Å². The Morgan fingerprint density at radius 2 is 1.96 bits per heavy atom. The number of rotatable bonds is 4. The van der Waals surface area contributed by atoms with Crippen LogP contribution in [0.2, 0.25) is 0 Å². The Hall–Kier alpha value is -1.73. The number of piperidine rings is 2. The van der Waals surface area contributed by atoms with E-state index in [2.05, 4.69) is 37.5 Å². The Morgan fingerprint density at radius 3 is 2.76 bits per heavy atom. The SMILES string of the molecule is CN1C2CCCC1CC(NCC1CN(c3ccc4nncn4n3)C1)C2. The molecule has 5 rings (SSSR count). The number of fused-ring (bicyclic) bond motifs is 3. The number of hydrogen-bond donors (Lipinski definition) is 1. The van der Waals surface area contributed by atoms with Crippen LogP contribution in [-0.2, 0) is 0 Å². The molecule has 0 amide bonds. The molecule has 134 valence electrons. The predicted octanol–water partition coefficient (Wildman–Crippen LogP) is 1.17. The molecule has 2 unspecified atom stereocenters. The Kier molecular flexibility index (Phi) is 3.86. The van der Waals surface area contributed by atoms with Crippen molar-refractivity contribution in [1.82, 2.24) is 30.0 Å². The highest BCUT2D eigenvalue weighted by atomic mass is 15.4. The van der Waals surface area contributed by atoms with Crippen LogP contribution in [0.15, 0.2) is 18.5 Å². The molecule has 5 heterocycles. The highest BCUT2D eigenvalue weighted by molar-refractivity contribution is 5.46. The summed E-state index contributed by atoms with van der Waals surface area (Å²) < 4.78 is 1.75. The van der Waals surface area contributed by atoms with Crippen LogP contribution in [0.3, 0.4) is 0 Å². The average molecular weight is 341 g/mol. The number of anilines is 1. The molecule has 3 fully saturated rings. The van der Waals surface area contributed by atoms with Gasteiger partial charge in [0.05, 0.1) is 0 Å². The van der Waals surface area contributed by atoms with Gasteiger partial charge in [0.1, 0.15) is 12.1 Å². The van der Waals surface area contributed by atoms with E-state index < -0.39 is 0 Å². The Labute approximate surface area is 148 Å². The van der Waals surface area contributed by atoms with Gasteiger partial charge < -0.3 is 15.1 Å². The molecule has 25 heavy (non-hydrogen) atoms. The number of nitrogens with one attached hydrogen (secondary N) is 1. The maximum atomic E-state index is 4.58. The van der Waals surface area contributed by atoms with E-state index in [4.69, 9.17) is 0 Å². The second-order valence-corrected chi connectivity index (χ2v) is 8.08. The molecule has 0 aromatic carbocycles. The summed E-state index contributed by atoms with van der Waals surface area (Å²) in [7, 11) is 2.33. The van der Waals surface area contributed by atoms with Gasteiger partial charge in [0.25, 0.3) is 0 Å². The Morgan fingerprint density at radius 1 is 1.16 bits per heavy atom. The van der Waals surface area contributed by atoms with Gasteiger partial charge in [0.2, 0.25) is 0 Å². The van der Waals surface area contributed by atoms with Crippen molar-refractivity contribution in [1.29, 1.82) is 0 Å². The van der Waals surface area contributed by atoms with Gasteiger partial charge in [0.15, 0.2) is 5.65 Å². The first-order valence-electron chi connectivity index (χ1n) is 9.63. The standard InChI is InChI=1S/C18H27N7/c1-23-15-3-2-4-16(23)8-14(7-15)19-9-13-10-24(11-13)18-6-5-17-21-20-12-25(17)22-18/h5-6,12-16,19H,2-4,7-11H2,1H3. The minimum atomic E-state index is 0.715. The summed E-state index contributed by atoms with van der Waals surface area (Å²) in [5, 5.41) is 16.3. The molecular weight excluding hydrogens is 314 g/mol. The second kappa shape index (κ2) is 6.21. The molecule has 2 aromatic rings. The third-order valence-corrected chi connectivity index (χ3v) is 6.46. The van der Waals surface area contributed by atoms with E-state index in [1.807, 2.05) is 12.1 Å². The lowest BCUT2D eigenvalue weighted by Crippen LogP contribution is -2.57. The van der Waals surface area contributed by atoms with Gasteiger partial charge in [-0.25, -0.2) is 0 Å². The van der Waals surface area contributed by atoms with Crippen molar-refractivity contribution < 1.29 is 0 Å². The number of hydrogen-bond acceptors (Lipinski definition) is 6. The van der Waals surface area contributed by atoms with Crippen molar-refractivity contribution >= 4 is 11.5 Å². The van der Waals surface area contributed by atoms with Gasteiger partial charge in [-0.3, -0.25) is 0 Å². The molecule has 0 spiro atoms. The fourth-order valence-electron chi connectivity index (χ4n) is 4.89. The largest absolute Gasteiger partial charge is 0.354 e. The highest BCUT2D eigenvalue weighted by Crippen LogP contribution is 2.33. The topological polar surface area (TPSA) is 61.6 Å². The van der Waals surface area contributed by atoms with Crippen LogP contribution < -0.4 is 10.2 Å². The maximum absolute atomic E-state index is 4.58. The molecule has 2 atom stereocenters. The lowest BCUT2D eigenvalue weighted by Gasteiger charge is -2.48. The van der Waals surface area contributed by atoms with E-state index in [1.165, 1.54) is 32.1 Å². The van der Waals surface area contributed by atoms with Crippen LogP contribution in [0.25, 0.3) is 5.65 Å². The monoisotopic (exact) mass is 341 g/mol. The lowest BCUT2D eigenvalue weighted by molar-refractivity contribution is 0.0474. The van der Waals surface area contributed by atoms with Crippen molar-refractivity contribution in [3.05, 3.63) is 18.5 Å². The number of nitrogens with zero attached hydrogens (tertiary/aromatic N) is 6. The molecular formula is C18H27N7. The Balaban J connectivity index is 1.12. The smallest absolute Gasteiger partial charge is 0.177 e. The summed E-state index contributed by atoms with van der Waals surface area (Å²) in [5.41, 5.74) is 0.801. The van der Waals surface area contributed by atoms with Crippen molar-refractivity contribution in [2.75, 3.05) is 31.6 Å². The summed E-state index contributed by atoms with van der Waals surface area (Å²) in [6, 6.07) is 6.36. The molecule has 7 heteroatoms. The molecule has 2 aromatic heterocycles. The van der Waals surface area contributed by atoms with Gasteiger partial charge >= 0.3 is 0 Å². The van der Waals surface area contributed by atoms with Gasteiger partial charge in [-0.1, -0.05) is 6.42 Å². The normalized spacial score (nSPS) is 30.6. The number of aromatic nitrogens is 4. The zero-order chi connectivity index (χ0) is 16.8. The molecule has 2 bridgehead atoms. The molecule has 3 aliphatic heterocycles. The molecule has 3 aliphatic rings. The second-order valence-electron chi connectivity index (χ2n) is 8.08. The van der Waals surface area contributed by atoms with Gasteiger partial charge in [-0.2, -0.15) is 4.52 Å². The molecule has 1 N–H and O–H groups in total. The van der Waals surface area contributed by atoms with Crippen LogP contribution in [0.1, 0.15) is 32.1 Å². The molecule has 0 aliphatic carbocycles. The lowest BCUT2D eigenvalue weighted by atomic mass is 9.82. The van der Waals surface area contributed by atoms with E-state index in [1.54, 1.807) is 10.8 Å². The van der Waals surface area contributed by atoms with Crippen LogP contribution in [0.4, 0.5) is 5.82 Å². The van der Waals surface area contributed by atoms with Crippen LogP contribution in [0.5, 0.6) is 0 Å². The summed E-state index contributed by atoms with van der Waals surface area (Å²) in [5.74, 6) is 1.76. The summed E-state index contributed by atoms with van der Waals surface area (Å²) in [4.78, 5) is 4.98. The van der Waals surface area contributed by atoms with Crippen LogP contribution in [-0.4, -0.2) is 69.5 Å². The zero-order valence-electron chi connectivity index (χ0n) is 14.9. The van der Waals surface area contributed by atoms with Crippen LogP contribution in [0, 0.1) is 5.92 Å². The zero-order valence-corrected chi connectivity index (χ0v) is 14.9. The Bertz CT molecular complexity index is 724. The average Bonchev–Trinajstić information content (AvgIpc) is 3.01. The predicted molar refractivity (Wildman–Crippen MR) is 96.7 cm³/mol. The highest BCUT2D eigenvalue weighted by Gasteiger charge is 2.36. The minimum absolute atomic E-state index is 0.715. The van der Waals surface area contributed by atoms with E-state index in [0.29, 0.717) is 6.04 Å². The van der Waals surface area contributed by atoms with Gasteiger partial charge in [-0.05, 0) is 44.9 Å². The van der Waals surface area contributed by atoms with Crippen LogP contribution >= 0.6 is 0 Å².